The Labute approximate surface area is 202 Å². The molecule has 0 aliphatic carbocycles. The molecule has 2 N–H and O–H groups in total. The lowest BCUT2D eigenvalue weighted by Crippen LogP contribution is -2.27. The minimum absolute atomic E-state index is 0.0675. The van der Waals surface area contributed by atoms with Crippen LogP contribution >= 0.6 is 11.3 Å². The third-order valence-electron chi connectivity index (χ3n) is 5.16. The highest BCUT2D eigenvalue weighted by molar-refractivity contribution is 7.92. The lowest BCUT2D eigenvalue weighted by atomic mass is 9.86. The van der Waals surface area contributed by atoms with Gasteiger partial charge in [0.15, 0.2) is 11.6 Å². The van der Waals surface area contributed by atoms with E-state index in [1.54, 1.807) is 12.3 Å². The lowest BCUT2D eigenvalue weighted by Gasteiger charge is -2.19. The maximum Gasteiger partial charge on any atom is 0.271 e. The highest BCUT2D eigenvalue weighted by Crippen LogP contribution is 2.26. The molecule has 1 aromatic heterocycles. The molecule has 10 heteroatoms. The molecular weight excluding hydrogens is 480 g/mol. The number of sulfonamides is 1. The second-order valence-electron chi connectivity index (χ2n) is 9.18. The Morgan fingerprint density at radius 2 is 1.71 bits per heavy atom. The number of amides is 1. The third-order valence-corrected chi connectivity index (χ3v) is 6.58. The number of rotatable bonds is 7. The largest absolute Gasteiger partial charge is 0.344 e. The number of carbonyl (C=O) groups excluding carboxylic acids is 1. The van der Waals surface area contributed by atoms with Gasteiger partial charge in [0.05, 0.1) is 17.3 Å². The van der Waals surface area contributed by atoms with E-state index in [1.165, 1.54) is 16.9 Å². The standard InChI is InChI=1S/C24H27F2N3O3S2/c1-14(16-11-18(25)22(19(26)12-16)29-34(5,31)32)27-23(30)20-13-33-21(28-20)10-15-6-8-17(9-7-15)24(2,3)4/h6-9,11-14,29H,10H2,1-5H3,(H,27,30)/t14-/m1/s1. The Morgan fingerprint density at radius 3 is 2.24 bits per heavy atom. The Kier molecular flexibility index (Phi) is 7.42. The smallest absolute Gasteiger partial charge is 0.271 e. The van der Waals surface area contributed by atoms with Crippen molar-refractivity contribution in [3.63, 3.8) is 0 Å². The summed E-state index contributed by atoms with van der Waals surface area (Å²) >= 11 is 1.36. The van der Waals surface area contributed by atoms with Crippen LogP contribution in [0.25, 0.3) is 0 Å². The van der Waals surface area contributed by atoms with Crippen LogP contribution in [-0.4, -0.2) is 25.6 Å². The zero-order valence-corrected chi connectivity index (χ0v) is 21.2. The van der Waals surface area contributed by atoms with Gasteiger partial charge in [0.1, 0.15) is 11.4 Å². The summed E-state index contributed by atoms with van der Waals surface area (Å²) in [7, 11) is -3.85. The normalized spacial score (nSPS) is 12.9. The van der Waals surface area contributed by atoms with Crippen molar-refractivity contribution >= 4 is 33.0 Å². The van der Waals surface area contributed by atoms with Crippen molar-refractivity contribution in [1.29, 1.82) is 0 Å². The Morgan fingerprint density at radius 1 is 1.12 bits per heavy atom. The zero-order chi connectivity index (χ0) is 25.3. The molecule has 3 aromatic rings. The molecule has 1 atom stereocenters. The van der Waals surface area contributed by atoms with E-state index in [0.29, 0.717) is 6.42 Å². The van der Waals surface area contributed by atoms with Gasteiger partial charge in [-0.05, 0) is 41.2 Å². The van der Waals surface area contributed by atoms with Crippen LogP contribution in [0, 0.1) is 11.6 Å². The van der Waals surface area contributed by atoms with E-state index < -0.39 is 39.3 Å². The molecule has 0 unspecified atom stereocenters. The average Bonchev–Trinajstić information content (AvgIpc) is 3.18. The first-order valence-electron chi connectivity index (χ1n) is 10.5. The Bertz CT molecular complexity index is 1270. The van der Waals surface area contributed by atoms with Crippen LogP contribution in [0.5, 0.6) is 0 Å². The summed E-state index contributed by atoms with van der Waals surface area (Å²) in [5.74, 6) is -2.62. The molecule has 182 valence electrons. The van der Waals surface area contributed by atoms with Gasteiger partial charge in [0.2, 0.25) is 10.0 Å². The summed E-state index contributed by atoms with van der Waals surface area (Å²) in [5, 5.41) is 5.08. The van der Waals surface area contributed by atoms with Crippen molar-refractivity contribution in [2.75, 3.05) is 11.0 Å². The number of hydrogen-bond donors (Lipinski definition) is 2. The van der Waals surface area contributed by atoms with E-state index in [9.17, 15) is 22.0 Å². The van der Waals surface area contributed by atoms with E-state index in [1.807, 2.05) is 4.72 Å². The van der Waals surface area contributed by atoms with E-state index >= 15 is 0 Å². The summed E-state index contributed by atoms with van der Waals surface area (Å²) in [6.45, 7) is 8.02. The van der Waals surface area contributed by atoms with Gasteiger partial charge >= 0.3 is 0 Å². The van der Waals surface area contributed by atoms with Gasteiger partial charge in [-0.3, -0.25) is 9.52 Å². The summed E-state index contributed by atoms with van der Waals surface area (Å²) < 4.78 is 52.9. The molecule has 0 aliphatic heterocycles. The van der Waals surface area contributed by atoms with Gasteiger partial charge in [-0.1, -0.05) is 45.0 Å². The number of halogens is 2. The Balaban J connectivity index is 1.67. The maximum atomic E-state index is 14.3. The third kappa shape index (κ3) is 6.60. The van der Waals surface area contributed by atoms with E-state index in [4.69, 9.17) is 0 Å². The van der Waals surface area contributed by atoms with Gasteiger partial charge in [-0.25, -0.2) is 22.2 Å². The van der Waals surface area contributed by atoms with Crippen LogP contribution in [0.4, 0.5) is 14.5 Å². The van der Waals surface area contributed by atoms with Crippen molar-refractivity contribution < 1.29 is 22.0 Å². The van der Waals surface area contributed by atoms with E-state index in [-0.39, 0.29) is 16.7 Å². The predicted molar refractivity (Wildman–Crippen MR) is 131 cm³/mol. The topological polar surface area (TPSA) is 88.2 Å². The first kappa shape index (κ1) is 25.8. The van der Waals surface area contributed by atoms with Gasteiger partial charge in [0, 0.05) is 11.8 Å². The molecule has 0 fully saturated rings. The predicted octanol–water partition coefficient (Wildman–Crippen LogP) is 5.17. The van der Waals surface area contributed by atoms with Crippen molar-refractivity contribution in [3.05, 3.63) is 80.8 Å². The molecule has 6 nitrogen and oxygen atoms in total. The fourth-order valence-electron chi connectivity index (χ4n) is 3.27. The maximum absolute atomic E-state index is 14.3. The van der Waals surface area contributed by atoms with Crippen molar-refractivity contribution in [3.8, 4) is 0 Å². The van der Waals surface area contributed by atoms with Crippen LogP contribution < -0.4 is 10.0 Å². The molecule has 0 radical (unpaired) electrons. The monoisotopic (exact) mass is 507 g/mol. The van der Waals surface area contributed by atoms with Gasteiger partial charge in [-0.2, -0.15) is 0 Å². The molecule has 3 rings (SSSR count). The number of anilines is 1. The summed E-state index contributed by atoms with van der Waals surface area (Å²) in [4.78, 5) is 17.0. The van der Waals surface area contributed by atoms with Gasteiger partial charge in [-0.15, -0.1) is 11.3 Å². The molecule has 0 saturated carbocycles. The molecule has 1 amide bonds. The van der Waals surface area contributed by atoms with Crippen LogP contribution in [0.3, 0.4) is 0 Å². The zero-order valence-electron chi connectivity index (χ0n) is 19.6. The lowest BCUT2D eigenvalue weighted by molar-refractivity contribution is 0.0935. The quantitative estimate of drug-likeness (QED) is 0.462. The number of benzene rings is 2. The fraction of sp³-hybridized carbons (Fsp3) is 0.333. The van der Waals surface area contributed by atoms with Crippen LogP contribution in [0.2, 0.25) is 0 Å². The number of nitrogens with one attached hydrogen (secondary N) is 2. The molecule has 0 aliphatic rings. The Hall–Kier alpha value is -2.85. The second-order valence-corrected chi connectivity index (χ2v) is 11.9. The van der Waals surface area contributed by atoms with E-state index in [0.717, 1.165) is 29.0 Å². The molecular formula is C24H27F2N3O3S2. The minimum atomic E-state index is -3.85. The molecule has 1 heterocycles. The van der Waals surface area contributed by atoms with E-state index in [2.05, 4.69) is 55.3 Å². The number of aromatic nitrogens is 1. The van der Waals surface area contributed by atoms with Crippen LogP contribution in [0.15, 0.2) is 41.8 Å². The number of nitrogens with zero attached hydrogens (tertiary/aromatic N) is 1. The molecule has 0 spiro atoms. The number of carbonyl (C=O) groups is 1. The van der Waals surface area contributed by atoms with Crippen molar-refractivity contribution in [2.45, 2.75) is 45.6 Å². The van der Waals surface area contributed by atoms with Gasteiger partial charge in [0.25, 0.3) is 5.91 Å². The molecule has 34 heavy (non-hydrogen) atoms. The average molecular weight is 508 g/mol. The summed E-state index contributed by atoms with van der Waals surface area (Å²) in [6.07, 6.45) is 1.38. The first-order valence-corrected chi connectivity index (χ1v) is 13.3. The second kappa shape index (κ2) is 9.79. The highest BCUT2D eigenvalue weighted by atomic mass is 32.2. The molecule has 0 saturated heterocycles. The first-order chi connectivity index (χ1) is 15.7. The molecule has 2 aromatic carbocycles. The van der Waals surface area contributed by atoms with Crippen molar-refractivity contribution in [2.24, 2.45) is 0 Å². The molecule has 0 bridgehead atoms. The number of hydrogen-bond acceptors (Lipinski definition) is 5. The summed E-state index contributed by atoms with van der Waals surface area (Å²) in [5.41, 5.74) is 1.99. The van der Waals surface area contributed by atoms with Crippen molar-refractivity contribution in [1.82, 2.24) is 10.3 Å². The van der Waals surface area contributed by atoms with Gasteiger partial charge < -0.3 is 5.32 Å². The highest BCUT2D eigenvalue weighted by Gasteiger charge is 2.20. The fourth-order valence-corrected chi connectivity index (χ4v) is 4.65. The minimum Gasteiger partial charge on any atom is -0.344 e. The van der Waals surface area contributed by atoms with Crippen LogP contribution in [-0.2, 0) is 21.9 Å². The van der Waals surface area contributed by atoms with Crippen LogP contribution in [0.1, 0.15) is 65.9 Å². The number of thiazole rings is 1. The SMILES string of the molecule is C[C@@H](NC(=O)c1csc(Cc2ccc(C(C)(C)C)cc2)n1)c1cc(F)c(NS(C)(=O)=O)c(F)c1. The summed E-state index contributed by atoms with van der Waals surface area (Å²) in [6, 6.07) is 9.51.